The fourth-order valence-electron chi connectivity index (χ4n) is 2.07. The van der Waals surface area contributed by atoms with Crippen LogP contribution in [0.15, 0.2) is 18.2 Å². The van der Waals surface area contributed by atoms with Gasteiger partial charge in [-0.1, -0.05) is 23.2 Å². The van der Waals surface area contributed by atoms with Crippen molar-refractivity contribution in [3.63, 3.8) is 0 Å². The second kappa shape index (κ2) is 8.15. The molecular weight excluding hydrogens is 379 g/mol. The van der Waals surface area contributed by atoms with Gasteiger partial charge in [0, 0.05) is 12.1 Å². The summed E-state index contributed by atoms with van der Waals surface area (Å²) in [4.78, 5) is 25.1. The number of hydrogen-bond acceptors (Lipinski definition) is 6. The Morgan fingerprint density at radius 3 is 2.62 bits per heavy atom. The first-order valence-electron chi connectivity index (χ1n) is 6.99. The monoisotopic (exact) mass is 393 g/mol. The molecule has 1 aliphatic heterocycles. The average Bonchev–Trinajstić information content (AvgIpc) is 2.99. The molecule has 0 bridgehead atoms. The highest BCUT2D eigenvalue weighted by Crippen LogP contribution is 2.22. The van der Waals surface area contributed by atoms with E-state index >= 15 is 0 Å². The summed E-state index contributed by atoms with van der Waals surface area (Å²) in [6, 6.07) is 4.20. The van der Waals surface area contributed by atoms with Crippen LogP contribution >= 0.6 is 23.2 Å². The van der Waals surface area contributed by atoms with Crippen molar-refractivity contribution >= 4 is 45.2 Å². The SMILES string of the molecule is O=C(CNC(=O)c1ccc(Cl)c(Cl)c1)OS(=O)(=O)CN1C[CH]CC1. The van der Waals surface area contributed by atoms with Crippen LogP contribution in [0.4, 0.5) is 0 Å². The number of nitrogens with zero attached hydrogens (tertiary/aromatic N) is 1. The highest BCUT2D eigenvalue weighted by molar-refractivity contribution is 7.87. The zero-order valence-corrected chi connectivity index (χ0v) is 14.8. The number of carbonyl (C=O) groups is 2. The number of halogens is 2. The third-order valence-corrected chi connectivity index (χ3v) is 5.03. The Kier molecular flexibility index (Phi) is 6.45. The predicted molar refractivity (Wildman–Crippen MR) is 89.2 cm³/mol. The highest BCUT2D eigenvalue weighted by Gasteiger charge is 2.23. The van der Waals surface area contributed by atoms with Crippen LogP contribution in [-0.2, 0) is 19.1 Å². The van der Waals surface area contributed by atoms with Crippen molar-refractivity contribution in [2.75, 3.05) is 25.5 Å². The predicted octanol–water partition coefficient (Wildman–Crippen LogP) is 1.46. The molecule has 0 aromatic heterocycles. The summed E-state index contributed by atoms with van der Waals surface area (Å²) < 4.78 is 27.9. The van der Waals surface area contributed by atoms with Gasteiger partial charge in [0.05, 0.1) is 10.0 Å². The molecule has 1 amide bonds. The molecule has 1 fully saturated rings. The largest absolute Gasteiger partial charge is 0.343 e. The van der Waals surface area contributed by atoms with E-state index in [-0.39, 0.29) is 21.5 Å². The Labute approximate surface area is 150 Å². The van der Waals surface area contributed by atoms with Crippen molar-refractivity contribution in [1.82, 2.24) is 10.2 Å². The summed E-state index contributed by atoms with van der Waals surface area (Å²) in [5.41, 5.74) is 0.188. The van der Waals surface area contributed by atoms with E-state index in [0.717, 1.165) is 6.42 Å². The maximum Gasteiger partial charge on any atom is 0.341 e. The fourth-order valence-corrected chi connectivity index (χ4v) is 3.44. The summed E-state index contributed by atoms with van der Waals surface area (Å²) in [6.07, 6.45) is 2.73. The molecule has 0 aliphatic carbocycles. The normalized spacial score (nSPS) is 15.2. The standard InChI is InChI=1S/C14H15Cl2N2O5S/c15-11-4-3-10(7-12(11)16)14(20)17-8-13(19)23-24(21,22)9-18-5-1-2-6-18/h1,3-4,7H,2,5-6,8-9H2,(H,17,20). The summed E-state index contributed by atoms with van der Waals surface area (Å²) in [6.45, 7) is 0.556. The molecule has 1 aromatic rings. The summed E-state index contributed by atoms with van der Waals surface area (Å²) in [5, 5.41) is 2.74. The third kappa shape index (κ3) is 5.62. The van der Waals surface area contributed by atoms with Gasteiger partial charge in [0.1, 0.15) is 12.4 Å². The lowest BCUT2D eigenvalue weighted by Gasteiger charge is -2.14. The molecule has 0 spiro atoms. The van der Waals surface area contributed by atoms with Gasteiger partial charge in [-0.05, 0) is 37.6 Å². The van der Waals surface area contributed by atoms with Crippen molar-refractivity contribution in [3.05, 3.63) is 40.2 Å². The summed E-state index contributed by atoms with van der Waals surface area (Å²) in [5.74, 6) is -2.03. The Morgan fingerprint density at radius 1 is 1.25 bits per heavy atom. The lowest BCUT2D eigenvalue weighted by atomic mass is 10.2. The van der Waals surface area contributed by atoms with Gasteiger partial charge in [0.2, 0.25) is 0 Å². The molecule has 0 atom stereocenters. The zero-order chi connectivity index (χ0) is 17.7. The minimum Gasteiger partial charge on any atom is -0.343 e. The Morgan fingerprint density at radius 2 is 2.00 bits per heavy atom. The first kappa shape index (κ1) is 19.0. The molecule has 1 aromatic carbocycles. The number of benzene rings is 1. The van der Waals surface area contributed by atoms with Gasteiger partial charge in [-0.25, -0.2) is 4.79 Å². The summed E-state index contributed by atoms with van der Waals surface area (Å²) >= 11 is 11.5. The lowest BCUT2D eigenvalue weighted by Crippen LogP contribution is -2.34. The van der Waals surface area contributed by atoms with Gasteiger partial charge < -0.3 is 9.50 Å². The molecule has 24 heavy (non-hydrogen) atoms. The third-order valence-electron chi connectivity index (χ3n) is 3.17. The van der Waals surface area contributed by atoms with Gasteiger partial charge in [0.15, 0.2) is 0 Å². The smallest absolute Gasteiger partial charge is 0.341 e. The van der Waals surface area contributed by atoms with Crippen LogP contribution in [0.2, 0.25) is 10.0 Å². The molecule has 1 saturated heterocycles. The molecule has 2 rings (SSSR count). The topological polar surface area (TPSA) is 92.8 Å². The zero-order valence-electron chi connectivity index (χ0n) is 12.5. The van der Waals surface area contributed by atoms with Gasteiger partial charge in [-0.2, -0.15) is 8.42 Å². The van der Waals surface area contributed by atoms with Crippen molar-refractivity contribution in [2.24, 2.45) is 0 Å². The van der Waals surface area contributed by atoms with E-state index in [4.69, 9.17) is 23.2 Å². The van der Waals surface area contributed by atoms with Crippen molar-refractivity contribution in [3.8, 4) is 0 Å². The van der Waals surface area contributed by atoms with E-state index in [1.54, 1.807) is 4.90 Å². The number of likely N-dealkylation sites (tertiary alicyclic amines) is 1. The fraction of sp³-hybridized carbons (Fsp3) is 0.357. The van der Waals surface area contributed by atoms with E-state index < -0.39 is 28.5 Å². The van der Waals surface area contributed by atoms with Crippen LogP contribution < -0.4 is 5.32 Å². The number of amides is 1. The van der Waals surface area contributed by atoms with E-state index in [1.807, 2.05) is 6.42 Å². The number of nitrogens with one attached hydrogen (secondary N) is 1. The average molecular weight is 394 g/mol. The number of hydrogen-bond donors (Lipinski definition) is 1. The first-order valence-corrected chi connectivity index (χ1v) is 9.32. The van der Waals surface area contributed by atoms with Crippen LogP contribution in [0.3, 0.4) is 0 Å². The minimum atomic E-state index is -4.02. The summed E-state index contributed by atoms with van der Waals surface area (Å²) in [7, 11) is -4.02. The Bertz CT molecular complexity index is 733. The molecule has 1 aliphatic rings. The maximum absolute atomic E-state index is 11.9. The molecule has 0 unspecified atom stereocenters. The quantitative estimate of drug-likeness (QED) is 0.735. The Balaban J connectivity index is 1.83. The van der Waals surface area contributed by atoms with Gasteiger partial charge in [-0.15, -0.1) is 0 Å². The van der Waals surface area contributed by atoms with E-state index in [2.05, 4.69) is 9.50 Å². The second-order valence-corrected chi connectivity index (χ2v) is 7.46. The number of carbonyl (C=O) groups excluding carboxylic acids is 2. The maximum atomic E-state index is 11.9. The van der Waals surface area contributed by atoms with Crippen molar-refractivity contribution < 1.29 is 22.2 Å². The van der Waals surface area contributed by atoms with Crippen LogP contribution in [0.1, 0.15) is 16.8 Å². The van der Waals surface area contributed by atoms with Gasteiger partial charge in [-0.3, -0.25) is 9.69 Å². The van der Waals surface area contributed by atoms with Crippen LogP contribution in [-0.4, -0.2) is 50.7 Å². The second-order valence-electron chi connectivity index (χ2n) is 5.11. The molecule has 7 nitrogen and oxygen atoms in total. The van der Waals surface area contributed by atoms with E-state index in [1.165, 1.54) is 18.2 Å². The molecule has 1 heterocycles. The van der Waals surface area contributed by atoms with E-state index in [9.17, 15) is 18.0 Å². The first-order chi connectivity index (χ1) is 11.3. The van der Waals surface area contributed by atoms with Gasteiger partial charge in [0.25, 0.3) is 5.91 Å². The van der Waals surface area contributed by atoms with Crippen molar-refractivity contribution in [1.29, 1.82) is 0 Å². The molecule has 1 radical (unpaired) electrons. The molecular formula is C14H15Cl2N2O5S. The molecule has 1 N–H and O–H groups in total. The highest BCUT2D eigenvalue weighted by atomic mass is 35.5. The minimum absolute atomic E-state index is 0.188. The van der Waals surface area contributed by atoms with Crippen molar-refractivity contribution in [2.45, 2.75) is 6.42 Å². The van der Waals surface area contributed by atoms with Gasteiger partial charge >= 0.3 is 16.1 Å². The molecule has 131 valence electrons. The number of rotatable bonds is 6. The van der Waals surface area contributed by atoms with E-state index in [0.29, 0.717) is 13.1 Å². The lowest BCUT2D eigenvalue weighted by molar-refractivity contribution is -0.132. The van der Waals surface area contributed by atoms with Crippen LogP contribution in [0.25, 0.3) is 0 Å². The molecule has 10 heteroatoms. The molecule has 0 saturated carbocycles. The van der Waals surface area contributed by atoms with Crippen LogP contribution in [0, 0.1) is 6.42 Å². The Hall–Kier alpha value is -1.35. The van der Waals surface area contributed by atoms with Crippen LogP contribution in [0.5, 0.6) is 0 Å².